The number of hydrogen-bond acceptors (Lipinski definition) is 3. The van der Waals surface area contributed by atoms with E-state index in [0.29, 0.717) is 5.88 Å². The van der Waals surface area contributed by atoms with Crippen molar-refractivity contribution in [1.82, 2.24) is 20.1 Å². The number of halogens is 1. The summed E-state index contributed by atoms with van der Waals surface area (Å²) in [5.41, 5.74) is 0. The maximum atomic E-state index is 5.52. The van der Waals surface area contributed by atoms with Crippen molar-refractivity contribution < 1.29 is 0 Å². The number of hydrogen-bond donors (Lipinski definition) is 1. The van der Waals surface area contributed by atoms with Crippen molar-refractivity contribution >= 4 is 11.6 Å². The third kappa shape index (κ3) is 2.79. The third-order valence-corrected chi connectivity index (χ3v) is 1.84. The molecule has 0 atom stereocenters. The first-order valence-corrected chi connectivity index (χ1v) is 4.47. The summed E-state index contributed by atoms with van der Waals surface area (Å²) < 4.78 is 1.76. The van der Waals surface area contributed by atoms with Crippen LogP contribution in [-0.2, 0) is 13.6 Å². The average Bonchev–Trinajstić information content (AvgIpc) is 2.46. The van der Waals surface area contributed by atoms with Crippen molar-refractivity contribution in [2.24, 2.45) is 7.05 Å². The van der Waals surface area contributed by atoms with Gasteiger partial charge in [-0.25, -0.2) is 4.98 Å². The Morgan fingerprint density at radius 1 is 1.67 bits per heavy atom. The maximum Gasteiger partial charge on any atom is 0.140 e. The summed E-state index contributed by atoms with van der Waals surface area (Å²) >= 11 is 5.52. The highest BCUT2D eigenvalue weighted by molar-refractivity contribution is 6.17. The quantitative estimate of drug-likeness (QED) is 0.542. The maximum absolute atomic E-state index is 5.52. The number of aromatic nitrogens is 3. The Morgan fingerprint density at radius 2 is 2.50 bits per heavy atom. The van der Waals surface area contributed by atoms with Crippen LogP contribution in [0.15, 0.2) is 6.33 Å². The molecule has 0 amide bonds. The van der Waals surface area contributed by atoms with Gasteiger partial charge in [0.1, 0.15) is 12.2 Å². The third-order valence-electron chi connectivity index (χ3n) is 1.58. The second kappa shape index (κ2) is 5.11. The first-order chi connectivity index (χ1) is 5.84. The molecule has 0 unspecified atom stereocenters. The topological polar surface area (TPSA) is 42.7 Å². The number of rotatable bonds is 5. The highest BCUT2D eigenvalue weighted by Gasteiger charge is 1.97. The normalized spacial score (nSPS) is 10.5. The van der Waals surface area contributed by atoms with Gasteiger partial charge in [0.05, 0.1) is 6.54 Å². The lowest BCUT2D eigenvalue weighted by atomic mass is 10.4. The van der Waals surface area contributed by atoms with Gasteiger partial charge < -0.3 is 5.32 Å². The fourth-order valence-electron chi connectivity index (χ4n) is 0.872. The molecule has 0 aromatic carbocycles. The van der Waals surface area contributed by atoms with Crippen LogP contribution in [0.2, 0.25) is 0 Å². The molecular formula is C7H13ClN4. The molecule has 4 nitrogen and oxygen atoms in total. The molecule has 1 aromatic rings. The summed E-state index contributed by atoms with van der Waals surface area (Å²) in [5.74, 6) is 1.65. The van der Waals surface area contributed by atoms with Gasteiger partial charge >= 0.3 is 0 Å². The van der Waals surface area contributed by atoms with Crippen molar-refractivity contribution in [2.75, 3.05) is 12.4 Å². The monoisotopic (exact) mass is 188 g/mol. The summed E-state index contributed by atoms with van der Waals surface area (Å²) in [4.78, 5) is 4.07. The molecule has 1 N–H and O–H groups in total. The van der Waals surface area contributed by atoms with E-state index in [0.717, 1.165) is 25.3 Å². The summed E-state index contributed by atoms with van der Waals surface area (Å²) in [6.45, 7) is 1.68. The highest BCUT2D eigenvalue weighted by Crippen LogP contribution is 1.89. The van der Waals surface area contributed by atoms with E-state index in [9.17, 15) is 0 Å². The predicted molar refractivity (Wildman–Crippen MR) is 48.0 cm³/mol. The van der Waals surface area contributed by atoms with Gasteiger partial charge in [-0.2, -0.15) is 5.10 Å². The fourth-order valence-corrected chi connectivity index (χ4v) is 1.01. The first kappa shape index (κ1) is 9.48. The molecule has 68 valence electrons. The molecule has 0 radical (unpaired) electrons. The van der Waals surface area contributed by atoms with Gasteiger partial charge in [-0.3, -0.25) is 4.68 Å². The molecule has 0 fully saturated rings. The van der Waals surface area contributed by atoms with Crippen molar-refractivity contribution in [3.05, 3.63) is 12.2 Å². The zero-order valence-electron chi connectivity index (χ0n) is 7.13. The minimum absolute atomic E-state index is 0.700. The van der Waals surface area contributed by atoms with Crippen LogP contribution in [0.25, 0.3) is 0 Å². The number of nitrogens with one attached hydrogen (secondary N) is 1. The smallest absolute Gasteiger partial charge is 0.140 e. The molecule has 0 aliphatic heterocycles. The predicted octanol–water partition coefficient (Wildman–Crippen LogP) is 0.534. The second-order valence-corrected chi connectivity index (χ2v) is 2.90. The van der Waals surface area contributed by atoms with E-state index < -0.39 is 0 Å². The van der Waals surface area contributed by atoms with Crippen LogP contribution in [0.3, 0.4) is 0 Å². The van der Waals surface area contributed by atoms with Crippen LogP contribution >= 0.6 is 11.6 Å². The molecular weight excluding hydrogens is 176 g/mol. The van der Waals surface area contributed by atoms with Gasteiger partial charge in [0.2, 0.25) is 0 Å². The van der Waals surface area contributed by atoms with E-state index in [-0.39, 0.29) is 0 Å². The molecule has 0 bridgehead atoms. The van der Waals surface area contributed by atoms with Gasteiger partial charge in [0.15, 0.2) is 0 Å². The lowest BCUT2D eigenvalue weighted by molar-refractivity contribution is 0.610. The Hall–Kier alpha value is -0.610. The van der Waals surface area contributed by atoms with Crippen LogP contribution in [0, 0.1) is 0 Å². The summed E-state index contributed by atoms with van der Waals surface area (Å²) in [6.07, 6.45) is 2.54. The largest absolute Gasteiger partial charge is 0.310 e. The highest BCUT2D eigenvalue weighted by atomic mass is 35.5. The van der Waals surface area contributed by atoms with Gasteiger partial charge in [0, 0.05) is 12.9 Å². The molecule has 0 saturated heterocycles. The molecule has 1 aromatic heterocycles. The average molecular weight is 189 g/mol. The lowest BCUT2D eigenvalue weighted by Crippen LogP contribution is -2.17. The van der Waals surface area contributed by atoms with Gasteiger partial charge in [-0.1, -0.05) is 0 Å². The minimum Gasteiger partial charge on any atom is -0.310 e. The molecule has 1 heterocycles. The van der Waals surface area contributed by atoms with E-state index in [2.05, 4.69) is 15.4 Å². The standard InChI is InChI=1S/C7H13ClN4/c1-12-7(10-6-11-12)5-9-4-2-3-8/h6,9H,2-5H2,1H3. The molecule has 0 aliphatic rings. The van der Waals surface area contributed by atoms with Crippen LogP contribution < -0.4 is 5.32 Å². The van der Waals surface area contributed by atoms with E-state index in [1.165, 1.54) is 0 Å². The molecule has 5 heteroatoms. The fraction of sp³-hybridized carbons (Fsp3) is 0.714. The second-order valence-electron chi connectivity index (χ2n) is 2.52. The van der Waals surface area contributed by atoms with Crippen LogP contribution in [0.4, 0.5) is 0 Å². The Kier molecular flexibility index (Phi) is 4.04. The van der Waals surface area contributed by atoms with Crippen molar-refractivity contribution in [2.45, 2.75) is 13.0 Å². The number of alkyl halides is 1. The molecule has 1 rings (SSSR count). The zero-order chi connectivity index (χ0) is 8.81. The van der Waals surface area contributed by atoms with Gasteiger partial charge in [-0.05, 0) is 13.0 Å². The number of aryl methyl sites for hydroxylation is 1. The Balaban J connectivity index is 2.20. The van der Waals surface area contributed by atoms with E-state index in [4.69, 9.17) is 11.6 Å². The zero-order valence-corrected chi connectivity index (χ0v) is 7.88. The lowest BCUT2D eigenvalue weighted by Gasteiger charge is -2.01. The minimum atomic E-state index is 0.700. The Morgan fingerprint density at radius 3 is 3.08 bits per heavy atom. The van der Waals surface area contributed by atoms with Crippen LogP contribution in [-0.4, -0.2) is 27.2 Å². The summed E-state index contributed by atoms with van der Waals surface area (Å²) in [5, 5.41) is 7.18. The van der Waals surface area contributed by atoms with E-state index in [1.807, 2.05) is 7.05 Å². The Labute approximate surface area is 76.9 Å². The summed E-state index contributed by atoms with van der Waals surface area (Å²) in [7, 11) is 1.88. The molecule has 0 saturated carbocycles. The van der Waals surface area contributed by atoms with Gasteiger partial charge in [0.25, 0.3) is 0 Å². The molecule has 12 heavy (non-hydrogen) atoms. The molecule has 0 aliphatic carbocycles. The summed E-state index contributed by atoms with van der Waals surface area (Å²) in [6, 6.07) is 0. The van der Waals surface area contributed by atoms with Gasteiger partial charge in [-0.15, -0.1) is 11.6 Å². The number of nitrogens with zero attached hydrogens (tertiary/aromatic N) is 3. The SMILES string of the molecule is Cn1ncnc1CNCCCCl. The van der Waals surface area contributed by atoms with E-state index in [1.54, 1.807) is 11.0 Å². The molecule has 0 spiro atoms. The van der Waals surface area contributed by atoms with E-state index >= 15 is 0 Å². The van der Waals surface area contributed by atoms with Crippen LogP contribution in [0.1, 0.15) is 12.2 Å². The Bertz CT molecular complexity index is 223. The van der Waals surface area contributed by atoms with Crippen molar-refractivity contribution in [3.63, 3.8) is 0 Å². The van der Waals surface area contributed by atoms with Crippen LogP contribution in [0.5, 0.6) is 0 Å². The first-order valence-electron chi connectivity index (χ1n) is 3.94. The van der Waals surface area contributed by atoms with Crippen molar-refractivity contribution in [3.8, 4) is 0 Å². The van der Waals surface area contributed by atoms with Crippen molar-refractivity contribution in [1.29, 1.82) is 0 Å².